The Balaban J connectivity index is 3.11. The van der Waals surface area contributed by atoms with Crippen molar-refractivity contribution in [1.29, 1.82) is 0 Å². The molecule has 0 aliphatic rings. The zero-order valence-electron chi connectivity index (χ0n) is 4.13. The zero-order chi connectivity index (χ0) is 6.62. The zero-order valence-corrected chi connectivity index (χ0v) is 9.25. The SMILES string of the molecule is ClCC[CH2][Ge]([Cl])([Cl])[Cl]. The van der Waals surface area contributed by atoms with Gasteiger partial charge in [0.2, 0.25) is 0 Å². The van der Waals surface area contributed by atoms with Crippen LogP contribution in [0, 0.1) is 0 Å². The summed E-state index contributed by atoms with van der Waals surface area (Å²) in [5, 5.41) is 0.716. The van der Waals surface area contributed by atoms with Gasteiger partial charge in [0.05, 0.1) is 0 Å². The fourth-order valence-corrected chi connectivity index (χ4v) is 4.17. The van der Waals surface area contributed by atoms with E-state index in [2.05, 4.69) is 0 Å². The van der Waals surface area contributed by atoms with Crippen LogP contribution in [0.5, 0.6) is 0 Å². The Morgan fingerprint density at radius 2 is 1.62 bits per heavy atom. The third kappa shape index (κ3) is 7.70. The summed E-state index contributed by atoms with van der Waals surface area (Å²) in [6.45, 7) is 0. The molecule has 0 saturated carbocycles. The molecule has 0 saturated heterocycles. The average Bonchev–Trinajstić information content (AvgIpc) is 1.59. The topological polar surface area (TPSA) is 0 Å². The summed E-state index contributed by atoms with van der Waals surface area (Å²) in [7, 11) is 13.9. The van der Waals surface area contributed by atoms with Crippen molar-refractivity contribution in [3.8, 4) is 0 Å². The molecule has 0 rings (SSSR count). The van der Waals surface area contributed by atoms with Crippen LogP contribution in [0.2, 0.25) is 5.25 Å². The van der Waals surface area contributed by atoms with Gasteiger partial charge in [-0.15, -0.1) is 0 Å². The molecule has 0 heterocycles. The van der Waals surface area contributed by atoms with E-state index in [-0.39, 0.29) is 0 Å². The van der Waals surface area contributed by atoms with E-state index in [1.54, 1.807) is 0 Å². The van der Waals surface area contributed by atoms with Crippen LogP contribution in [0.4, 0.5) is 0 Å². The first kappa shape index (κ1) is 9.70. The van der Waals surface area contributed by atoms with Crippen LogP contribution in [0.3, 0.4) is 0 Å². The Kier molecular flexibility index (Phi) is 5.47. The van der Waals surface area contributed by atoms with E-state index in [0.717, 1.165) is 6.42 Å². The third-order valence-corrected chi connectivity index (χ3v) is 5.74. The second-order valence-electron chi connectivity index (χ2n) is 1.41. The molecule has 0 radical (unpaired) electrons. The van der Waals surface area contributed by atoms with E-state index < -0.39 is 10.5 Å². The first-order chi connectivity index (χ1) is 3.56. The number of rotatable bonds is 3. The standard InChI is InChI=1S/C3H6Cl4Ge/c4-2-1-3-8(5,6)7/h1-3H2. The van der Waals surface area contributed by atoms with Crippen LogP contribution in [0.25, 0.3) is 0 Å². The van der Waals surface area contributed by atoms with E-state index in [1.807, 2.05) is 0 Å². The van der Waals surface area contributed by atoms with Crippen LogP contribution in [-0.4, -0.2) is 16.4 Å². The van der Waals surface area contributed by atoms with Crippen LogP contribution in [0.1, 0.15) is 6.42 Å². The van der Waals surface area contributed by atoms with Crippen molar-refractivity contribution in [1.82, 2.24) is 0 Å². The first-order valence-corrected chi connectivity index (χ1v) is 12.5. The Morgan fingerprint density at radius 3 is 1.75 bits per heavy atom. The van der Waals surface area contributed by atoms with Gasteiger partial charge in [-0.05, 0) is 0 Å². The molecule has 0 bridgehead atoms. The van der Waals surface area contributed by atoms with E-state index in [0.29, 0.717) is 11.1 Å². The molecule has 0 spiro atoms. The van der Waals surface area contributed by atoms with Crippen molar-refractivity contribution in [2.75, 3.05) is 5.88 Å². The van der Waals surface area contributed by atoms with Crippen molar-refractivity contribution >= 4 is 52.1 Å². The Labute approximate surface area is 69.3 Å². The van der Waals surface area contributed by atoms with Crippen molar-refractivity contribution in [2.45, 2.75) is 11.7 Å². The van der Waals surface area contributed by atoms with E-state index in [1.165, 1.54) is 0 Å². The second kappa shape index (κ2) is 4.51. The molecule has 8 heavy (non-hydrogen) atoms. The molecule has 0 fully saturated rings. The van der Waals surface area contributed by atoms with Gasteiger partial charge in [-0.1, -0.05) is 0 Å². The molecule has 0 atom stereocenters. The second-order valence-corrected chi connectivity index (χ2v) is 18.5. The Hall–Kier alpha value is 1.70. The summed E-state index contributed by atoms with van der Waals surface area (Å²) >= 11 is 5.36. The van der Waals surface area contributed by atoms with Gasteiger partial charge in [0, 0.05) is 0 Å². The fourth-order valence-electron chi connectivity index (χ4n) is 0.267. The van der Waals surface area contributed by atoms with Gasteiger partial charge < -0.3 is 0 Å². The molecule has 50 valence electrons. The van der Waals surface area contributed by atoms with Crippen LogP contribution in [0.15, 0.2) is 0 Å². The van der Waals surface area contributed by atoms with Crippen LogP contribution in [-0.2, 0) is 0 Å². The van der Waals surface area contributed by atoms with E-state index in [4.69, 9.17) is 41.6 Å². The minimum atomic E-state index is -2.78. The van der Waals surface area contributed by atoms with Crippen molar-refractivity contribution in [2.24, 2.45) is 0 Å². The molecule has 0 N–H and O–H groups in total. The maximum absolute atomic E-state index is 5.57. The number of hydrogen-bond acceptors (Lipinski definition) is 0. The summed E-state index contributed by atoms with van der Waals surface area (Å²) in [5.41, 5.74) is 0. The Morgan fingerprint density at radius 1 is 1.12 bits per heavy atom. The maximum atomic E-state index is 5.57. The normalized spacial score (nSPS) is 12.0. The molecule has 0 aliphatic heterocycles. The molecular weight excluding hydrogens is 250 g/mol. The molecule has 0 aromatic heterocycles. The average molecular weight is 257 g/mol. The van der Waals surface area contributed by atoms with Gasteiger partial charge in [-0.25, -0.2) is 0 Å². The van der Waals surface area contributed by atoms with Crippen molar-refractivity contribution in [3.05, 3.63) is 0 Å². The summed E-state index contributed by atoms with van der Waals surface area (Å²) in [6, 6.07) is 0. The summed E-state index contributed by atoms with van der Waals surface area (Å²) in [6.07, 6.45) is 0.831. The van der Waals surface area contributed by atoms with Crippen LogP contribution >= 0.6 is 41.6 Å². The molecule has 0 aliphatic carbocycles. The molecule has 0 unspecified atom stereocenters. The monoisotopic (exact) mass is 256 g/mol. The molecule has 0 aromatic carbocycles. The number of hydrogen-bond donors (Lipinski definition) is 0. The number of halogens is 4. The van der Waals surface area contributed by atoms with Crippen molar-refractivity contribution < 1.29 is 0 Å². The fraction of sp³-hybridized carbons (Fsp3) is 1.00. The van der Waals surface area contributed by atoms with E-state index >= 15 is 0 Å². The van der Waals surface area contributed by atoms with Gasteiger partial charge in [0.25, 0.3) is 0 Å². The van der Waals surface area contributed by atoms with E-state index in [9.17, 15) is 0 Å². The number of alkyl halides is 1. The predicted molar refractivity (Wildman–Crippen MR) is 43.5 cm³/mol. The summed E-state index contributed by atoms with van der Waals surface area (Å²) in [5.74, 6) is 0.596. The molecule has 0 aromatic rings. The summed E-state index contributed by atoms with van der Waals surface area (Å²) in [4.78, 5) is 0. The van der Waals surface area contributed by atoms with Gasteiger partial charge in [0.1, 0.15) is 0 Å². The molecule has 0 nitrogen and oxygen atoms in total. The Bertz CT molecular complexity index is 58.8. The molecular formula is C3H6Cl4Ge. The predicted octanol–water partition coefficient (Wildman–Crippen LogP) is 3.27. The van der Waals surface area contributed by atoms with Gasteiger partial charge >= 0.3 is 69.7 Å². The third-order valence-electron chi connectivity index (χ3n) is 0.594. The first-order valence-electron chi connectivity index (χ1n) is 2.19. The van der Waals surface area contributed by atoms with Crippen molar-refractivity contribution in [3.63, 3.8) is 0 Å². The van der Waals surface area contributed by atoms with Gasteiger partial charge in [-0.3, -0.25) is 0 Å². The van der Waals surface area contributed by atoms with Gasteiger partial charge in [-0.2, -0.15) is 0 Å². The van der Waals surface area contributed by atoms with Crippen LogP contribution < -0.4 is 0 Å². The molecule has 5 heteroatoms. The van der Waals surface area contributed by atoms with Gasteiger partial charge in [0.15, 0.2) is 0 Å². The quantitative estimate of drug-likeness (QED) is 0.537. The molecule has 0 amide bonds. The summed E-state index contributed by atoms with van der Waals surface area (Å²) < 4.78 is 0. The minimum absolute atomic E-state index is 0.596.